The summed E-state index contributed by atoms with van der Waals surface area (Å²) in [6.07, 6.45) is 0. The minimum Gasteiger partial charge on any atom is -0.490 e. The van der Waals surface area contributed by atoms with Crippen molar-refractivity contribution < 1.29 is 27.5 Å². The van der Waals surface area contributed by atoms with Crippen LogP contribution in [0.2, 0.25) is 5.02 Å². The van der Waals surface area contributed by atoms with Crippen molar-refractivity contribution in [3.63, 3.8) is 0 Å². The Morgan fingerprint density at radius 2 is 1.89 bits per heavy atom. The molecule has 0 saturated carbocycles. The molecular formula is C18H20ClNO6S. The molecule has 0 spiro atoms. The lowest BCUT2D eigenvalue weighted by molar-refractivity contribution is -0.0258. The minimum atomic E-state index is -3.91. The number of halogens is 1. The molecule has 0 heterocycles. The number of hydrogen-bond donors (Lipinski definition) is 0. The Balaban J connectivity index is 2.02. The molecule has 0 radical (unpaired) electrons. The Morgan fingerprint density at radius 3 is 2.56 bits per heavy atom. The summed E-state index contributed by atoms with van der Waals surface area (Å²) >= 11 is 6.01. The van der Waals surface area contributed by atoms with Gasteiger partial charge in [0.2, 0.25) is 0 Å². The van der Waals surface area contributed by atoms with Gasteiger partial charge in [0.15, 0.2) is 0 Å². The molecule has 0 aliphatic rings. The Hall–Kier alpha value is -2.13. The zero-order valence-corrected chi connectivity index (χ0v) is 16.7. The second-order valence-corrected chi connectivity index (χ2v) is 7.88. The fraction of sp³-hybridized carbons (Fsp3) is 0.278. The summed E-state index contributed by atoms with van der Waals surface area (Å²) in [6.45, 7) is 2.08. The second-order valence-electron chi connectivity index (χ2n) is 5.54. The van der Waals surface area contributed by atoms with E-state index in [0.29, 0.717) is 10.2 Å². The van der Waals surface area contributed by atoms with E-state index in [0.717, 1.165) is 11.6 Å². The first kappa shape index (κ1) is 21.2. The number of hydroxylamine groups is 1. The van der Waals surface area contributed by atoms with E-state index in [4.69, 9.17) is 25.9 Å². The summed E-state index contributed by atoms with van der Waals surface area (Å²) in [4.78, 5) is 16.8. The molecule has 0 aliphatic heterocycles. The maximum atomic E-state index is 12.3. The highest BCUT2D eigenvalue weighted by atomic mass is 35.5. The summed E-state index contributed by atoms with van der Waals surface area (Å²) in [7, 11) is -1.45. The standard InChI is InChI=1S/C18H20ClNO6S/c1-13-5-4-6-14(11-13)25-9-10-26-18(21)16-12-15(7-8-17(16)19)27(22,23)20(2)24-3/h4-8,11-12H,9-10H2,1-3H3. The van der Waals surface area contributed by atoms with Crippen LogP contribution in [0.1, 0.15) is 15.9 Å². The fourth-order valence-corrected chi connectivity index (χ4v) is 3.34. The first-order valence-electron chi connectivity index (χ1n) is 7.95. The van der Waals surface area contributed by atoms with Crippen LogP contribution in [0.3, 0.4) is 0 Å². The van der Waals surface area contributed by atoms with Crippen molar-refractivity contribution in [2.45, 2.75) is 11.8 Å². The van der Waals surface area contributed by atoms with Gasteiger partial charge in [-0.1, -0.05) is 28.2 Å². The third kappa shape index (κ3) is 5.43. The van der Waals surface area contributed by atoms with Gasteiger partial charge in [0.25, 0.3) is 10.0 Å². The van der Waals surface area contributed by atoms with Gasteiger partial charge in [0, 0.05) is 7.05 Å². The molecule has 0 fully saturated rings. The van der Waals surface area contributed by atoms with E-state index in [-0.39, 0.29) is 28.7 Å². The highest BCUT2D eigenvalue weighted by molar-refractivity contribution is 7.89. The number of benzene rings is 2. The number of carbonyl (C=O) groups excluding carboxylic acids is 1. The number of nitrogens with zero attached hydrogens (tertiary/aromatic N) is 1. The van der Waals surface area contributed by atoms with E-state index >= 15 is 0 Å². The maximum absolute atomic E-state index is 12.3. The Kier molecular flexibility index (Phi) is 7.20. The van der Waals surface area contributed by atoms with Crippen molar-refractivity contribution in [1.29, 1.82) is 0 Å². The van der Waals surface area contributed by atoms with Crippen LogP contribution >= 0.6 is 11.6 Å². The molecule has 9 heteroatoms. The lowest BCUT2D eigenvalue weighted by atomic mass is 10.2. The van der Waals surface area contributed by atoms with Crippen LogP contribution in [0.4, 0.5) is 0 Å². The molecule has 7 nitrogen and oxygen atoms in total. The van der Waals surface area contributed by atoms with E-state index in [1.165, 1.54) is 26.3 Å². The predicted octanol–water partition coefficient (Wildman–Crippen LogP) is 3.07. The summed E-state index contributed by atoms with van der Waals surface area (Å²) < 4.78 is 35.9. The third-order valence-corrected chi connectivity index (χ3v) is 5.63. The number of rotatable bonds is 8. The van der Waals surface area contributed by atoms with Crippen molar-refractivity contribution >= 4 is 27.6 Å². The zero-order chi connectivity index (χ0) is 20.0. The maximum Gasteiger partial charge on any atom is 0.339 e. The average molecular weight is 414 g/mol. The van der Waals surface area contributed by atoms with E-state index in [1.54, 1.807) is 6.07 Å². The molecule has 2 aromatic rings. The smallest absolute Gasteiger partial charge is 0.339 e. The Morgan fingerprint density at radius 1 is 1.15 bits per heavy atom. The third-order valence-electron chi connectivity index (χ3n) is 3.63. The zero-order valence-electron chi connectivity index (χ0n) is 15.1. The number of ether oxygens (including phenoxy) is 2. The first-order chi connectivity index (χ1) is 12.8. The topological polar surface area (TPSA) is 82.1 Å². The number of sulfonamides is 1. The second kappa shape index (κ2) is 9.18. The molecule has 2 aromatic carbocycles. The van der Waals surface area contributed by atoms with E-state index in [9.17, 15) is 13.2 Å². The molecule has 146 valence electrons. The SMILES string of the molecule is CON(C)S(=O)(=O)c1ccc(Cl)c(C(=O)OCCOc2cccc(C)c2)c1. The summed E-state index contributed by atoms with van der Waals surface area (Å²) in [5.41, 5.74) is 0.994. The molecule has 2 rings (SSSR count). The average Bonchev–Trinajstić information content (AvgIpc) is 2.64. The predicted molar refractivity (Wildman–Crippen MR) is 100 cm³/mol. The monoisotopic (exact) mass is 413 g/mol. The minimum absolute atomic E-state index is 0.0158. The summed E-state index contributed by atoms with van der Waals surface area (Å²) in [6, 6.07) is 11.2. The van der Waals surface area contributed by atoms with Gasteiger partial charge in [0.1, 0.15) is 19.0 Å². The van der Waals surface area contributed by atoms with Crippen LogP contribution in [-0.4, -0.2) is 46.2 Å². The molecule has 0 saturated heterocycles. The van der Waals surface area contributed by atoms with Gasteiger partial charge in [-0.2, -0.15) is 0 Å². The Bertz CT molecular complexity index is 916. The number of hydrogen-bond acceptors (Lipinski definition) is 6. The van der Waals surface area contributed by atoms with E-state index < -0.39 is 16.0 Å². The highest BCUT2D eigenvalue weighted by Crippen LogP contribution is 2.23. The van der Waals surface area contributed by atoms with Gasteiger partial charge in [-0.3, -0.25) is 4.84 Å². The van der Waals surface area contributed by atoms with Crippen molar-refractivity contribution in [3.05, 3.63) is 58.6 Å². The van der Waals surface area contributed by atoms with Gasteiger partial charge in [-0.15, -0.1) is 0 Å². The largest absolute Gasteiger partial charge is 0.490 e. The molecule has 0 aliphatic carbocycles. The van der Waals surface area contributed by atoms with Gasteiger partial charge in [-0.25, -0.2) is 13.2 Å². The molecule has 0 bridgehead atoms. The molecule has 0 atom stereocenters. The first-order valence-corrected chi connectivity index (χ1v) is 9.76. The molecule has 0 unspecified atom stereocenters. The van der Waals surface area contributed by atoms with E-state index in [1.807, 2.05) is 25.1 Å². The normalized spacial score (nSPS) is 11.4. The van der Waals surface area contributed by atoms with Crippen molar-refractivity contribution in [3.8, 4) is 5.75 Å². The van der Waals surface area contributed by atoms with Crippen LogP contribution in [0, 0.1) is 6.92 Å². The molecule has 27 heavy (non-hydrogen) atoms. The van der Waals surface area contributed by atoms with Crippen molar-refractivity contribution in [2.24, 2.45) is 0 Å². The lowest BCUT2D eigenvalue weighted by Gasteiger charge is -2.15. The van der Waals surface area contributed by atoms with Gasteiger partial charge in [-0.05, 0) is 42.8 Å². The summed E-state index contributed by atoms with van der Waals surface area (Å²) in [5.74, 6) is -0.0789. The Labute approximate surface area is 163 Å². The van der Waals surface area contributed by atoms with Gasteiger partial charge >= 0.3 is 5.97 Å². The summed E-state index contributed by atoms with van der Waals surface area (Å²) in [5, 5.41) is 0.0821. The number of aryl methyl sites for hydroxylation is 1. The van der Waals surface area contributed by atoms with Gasteiger partial charge in [0.05, 0.1) is 22.6 Å². The quantitative estimate of drug-likeness (QED) is 0.376. The van der Waals surface area contributed by atoms with Crippen LogP contribution in [0.25, 0.3) is 0 Å². The molecule has 0 aromatic heterocycles. The van der Waals surface area contributed by atoms with Crippen LogP contribution < -0.4 is 4.74 Å². The lowest BCUT2D eigenvalue weighted by Crippen LogP contribution is -2.26. The van der Waals surface area contributed by atoms with Crippen LogP contribution in [0.15, 0.2) is 47.4 Å². The number of carbonyl (C=O) groups is 1. The molecule has 0 amide bonds. The highest BCUT2D eigenvalue weighted by Gasteiger charge is 2.23. The fourth-order valence-electron chi connectivity index (χ4n) is 2.14. The van der Waals surface area contributed by atoms with Crippen LogP contribution in [-0.2, 0) is 19.6 Å². The van der Waals surface area contributed by atoms with Crippen molar-refractivity contribution in [2.75, 3.05) is 27.4 Å². The van der Waals surface area contributed by atoms with Gasteiger partial charge < -0.3 is 9.47 Å². The number of esters is 1. The van der Waals surface area contributed by atoms with Crippen LogP contribution in [0.5, 0.6) is 5.75 Å². The molecular weight excluding hydrogens is 394 g/mol. The van der Waals surface area contributed by atoms with Crippen molar-refractivity contribution in [1.82, 2.24) is 4.47 Å². The molecule has 0 N–H and O–H groups in total. The van der Waals surface area contributed by atoms with E-state index in [2.05, 4.69) is 0 Å².